The predicted molar refractivity (Wildman–Crippen MR) is 76.9 cm³/mol. The van der Waals surface area contributed by atoms with Gasteiger partial charge in [0.05, 0.1) is 31.7 Å². The van der Waals surface area contributed by atoms with Crippen LogP contribution in [0.1, 0.15) is 12.8 Å². The number of carbonyl (C=O) groups excluding carboxylic acids is 1. The number of hydrogen-bond donors (Lipinski definition) is 1. The highest BCUT2D eigenvalue weighted by Gasteiger charge is 2.20. The predicted octanol–water partition coefficient (Wildman–Crippen LogP) is -0.0357. The highest BCUT2D eigenvalue weighted by Crippen LogP contribution is 2.02. The SMILES string of the molecule is C=CCC(N)C(=O)N(CCC#N)CCN1CCOCC1. The fraction of sp³-hybridized carbons (Fsp3) is 0.714. The molecule has 0 aliphatic carbocycles. The first-order valence-electron chi connectivity index (χ1n) is 7.01. The van der Waals surface area contributed by atoms with Crippen LogP contribution in [-0.2, 0) is 9.53 Å². The molecule has 1 saturated heterocycles. The molecule has 0 bridgehead atoms. The largest absolute Gasteiger partial charge is 0.379 e. The van der Waals surface area contributed by atoms with E-state index in [9.17, 15) is 4.79 Å². The Morgan fingerprint density at radius 1 is 1.50 bits per heavy atom. The smallest absolute Gasteiger partial charge is 0.239 e. The Labute approximate surface area is 120 Å². The lowest BCUT2D eigenvalue weighted by molar-refractivity contribution is -0.132. The molecule has 112 valence electrons. The third kappa shape index (κ3) is 5.70. The highest BCUT2D eigenvalue weighted by atomic mass is 16.5. The van der Waals surface area contributed by atoms with E-state index in [-0.39, 0.29) is 5.91 Å². The molecule has 6 heteroatoms. The maximum Gasteiger partial charge on any atom is 0.239 e. The molecule has 1 fully saturated rings. The number of nitriles is 1. The number of amides is 1. The first-order chi connectivity index (χ1) is 9.69. The van der Waals surface area contributed by atoms with E-state index in [1.54, 1.807) is 11.0 Å². The van der Waals surface area contributed by atoms with Crippen molar-refractivity contribution in [1.82, 2.24) is 9.80 Å². The number of rotatable bonds is 8. The van der Waals surface area contributed by atoms with Crippen LogP contribution in [0.25, 0.3) is 0 Å². The summed E-state index contributed by atoms with van der Waals surface area (Å²) >= 11 is 0. The summed E-state index contributed by atoms with van der Waals surface area (Å²) in [5.41, 5.74) is 5.83. The number of nitrogens with zero attached hydrogens (tertiary/aromatic N) is 3. The molecular weight excluding hydrogens is 256 g/mol. The molecule has 0 aromatic carbocycles. The summed E-state index contributed by atoms with van der Waals surface area (Å²) in [5.74, 6) is -0.103. The van der Waals surface area contributed by atoms with Gasteiger partial charge in [-0.05, 0) is 6.42 Å². The average molecular weight is 280 g/mol. The number of hydrogen-bond acceptors (Lipinski definition) is 5. The molecule has 1 unspecified atom stereocenters. The molecule has 1 amide bonds. The molecule has 0 spiro atoms. The molecule has 1 aliphatic heterocycles. The second-order valence-electron chi connectivity index (χ2n) is 4.82. The number of morpholine rings is 1. The second-order valence-corrected chi connectivity index (χ2v) is 4.82. The van der Waals surface area contributed by atoms with Crippen LogP contribution in [0.15, 0.2) is 12.7 Å². The summed E-state index contributed by atoms with van der Waals surface area (Å²) < 4.78 is 5.29. The summed E-state index contributed by atoms with van der Waals surface area (Å²) in [5, 5.41) is 8.69. The normalized spacial score (nSPS) is 17.2. The van der Waals surface area contributed by atoms with Gasteiger partial charge in [0, 0.05) is 32.7 Å². The standard InChI is InChI=1S/C14H24N4O2/c1-2-4-13(16)14(19)18(6-3-5-15)8-7-17-9-11-20-12-10-17/h2,13H,1,3-4,6-12,16H2. The number of ether oxygens (including phenoxy) is 1. The van der Waals surface area contributed by atoms with Gasteiger partial charge in [-0.3, -0.25) is 9.69 Å². The fourth-order valence-corrected chi connectivity index (χ4v) is 2.12. The maximum absolute atomic E-state index is 12.2. The van der Waals surface area contributed by atoms with Crippen molar-refractivity contribution < 1.29 is 9.53 Å². The lowest BCUT2D eigenvalue weighted by Crippen LogP contribution is -2.48. The van der Waals surface area contributed by atoms with E-state index in [4.69, 9.17) is 15.7 Å². The van der Waals surface area contributed by atoms with E-state index in [1.165, 1.54) is 0 Å². The van der Waals surface area contributed by atoms with Crippen LogP contribution in [0.3, 0.4) is 0 Å². The Kier molecular flexibility index (Phi) is 7.88. The van der Waals surface area contributed by atoms with Crippen LogP contribution in [0, 0.1) is 11.3 Å². The van der Waals surface area contributed by atoms with Crippen molar-refractivity contribution in [3.8, 4) is 6.07 Å². The molecule has 1 rings (SSSR count). The van der Waals surface area contributed by atoms with Gasteiger partial charge < -0.3 is 15.4 Å². The zero-order valence-electron chi connectivity index (χ0n) is 12.0. The Bertz CT molecular complexity index is 348. The molecule has 0 radical (unpaired) electrons. The third-order valence-corrected chi connectivity index (χ3v) is 3.33. The van der Waals surface area contributed by atoms with Crippen molar-refractivity contribution in [2.75, 3.05) is 45.9 Å². The van der Waals surface area contributed by atoms with Crippen LogP contribution in [0.4, 0.5) is 0 Å². The molecule has 1 heterocycles. The van der Waals surface area contributed by atoms with Crippen LogP contribution in [-0.4, -0.2) is 67.7 Å². The minimum absolute atomic E-state index is 0.103. The third-order valence-electron chi connectivity index (χ3n) is 3.33. The monoisotopic (exact) mass is 280 g/mol. The van der Waals surface area contributed by atoms with Crippen molar-refractivity contribution in [3.63, 3.8) is 0 Å². The lowest BCUT2D eigenvalue weighted by atomic mass is 10.2. The van der Waals surface area contributed by atoms with Crippen molar-refractivity contribution in [2.45, 2.75) is 18.9 Å². The van der Waals surface area contributed by atoms with Crippen molar-refractivity contribution in [2.24, 2.45) is 5.73 Å². The Morgan fingerprint density at radius 3 is 2.80 bits per heavy atom. The summed E-state index contributed by atoms with van der Waals surface area (Å²) in [6.07, 6.45) is 2.43. The quantitative estimate of drug-likeness (QED) is 0.631. The van der Waals surface area contributed by atoms with Crippen LogP contribution < -0.4 is 5.73 Å². The Morgan fingerprint density at radius 2 is 2.20 bits per heavy atom. The molecular formula is C14H24N4O2. The summed E-state index contributed by atoms with van der Waals surface area (Å²) in [4.78, 5) is 16.2. The molecule has 0 saturated carbocycles. The van der Waals surface area contributed by atoms with Gasteiger partial charge in [-0.25, -0.2) is 0 Å². The van der Waals surface area contributed by atoms with E-state index >= 15 is 0 Å². The topological polar surface area (TPSA) is 82.6 Å². The molecule has 20 heavy (non-hydrogen) atoms. The van der Waals surface area contributed by atoms with E-state index < -0.39 is 6.04 Å². The molecule has 2 N–H and O–H groups in total. The van der Waals surface area contributed by atoms with Gasteiger partial charge >= 0.3 is 0 Å². The van der Waals surface area contributed by atoms with E-state index in [1.807, 2.05) is 0 Å². The Balaban J connectivity index is 2.47. The van der Waals surface area contributed by atoms with E-state index in [2.05, 4.69) is 17.5 Å². The fourth-order valence-electron chi connectivity index (χ4n) is 2.12. The van der Waals surface area contributed by atoms with Gasteiger partial charge in [0.15, 0.2) is 0 Å². The first kappa shape index (κ1) is 16.6. The van der Waals surface area contributed by atoms with Gasteiger partial charge in [0.25, 0.3) is 0 Å². The van der Waals surface area contributed by atoms with Gasteiger partial charge in [0.2, 0.25) is 5.91 Å². The highest BCUT2D eigenvalue weighted by molar-refractivity contribution is 5.81. The maximum atomic E-state index is 12.2. The summed E-state index contributed by atoms with van der Waals surface area (Å²) in [6, 6.07) is 1.51. The second kappa shape index (κ2) is 9.48. The molecule has 1 atom stereocenters. The van der Waals surface area contributed by atoms with Gasteiger partial charge in [-0.2, -0.15) is 5.26 Å². The van der Waals surface area contributed by atoms with E-state index in [0.717, 1.165) is 32.8 Å². The van der Waals surface area contributed by atoms with Gasteiger partial charge in [0.1, 0.15) is 0 Å². The molecule has 0 aromatic rings. The summed E-state index contributed by atoms with van der Waals surface area (Å²) in [6.45, 7) is 8.68. The van der Waals surface area contributed by atoms with Crippen LogP contribution >= 0.6 is 0 Å². The zero-order chi connectivity index (χ0) is 14.8. The van der Waals surface area contributed by atoms with Crippen molar-refractivity contribution in [1.29, 1.82) is 5.26 Å². The van der Waals surface area contributed by atoms with Crippen molar-refractivity contribution >= 4 is 5.91 Å². The van der Waals surface area contributed by atoms with Gasteiger partial charge in [-0.1, -0.05) is 6.08 Å². The minimum Gasteiger partial charge on any atom is -0.379 e. The summed E-state index contributed by atoms with van der Waals surface area (Å²) in [7, 11) is 0. The van der Waals surface area contributed by atoms with Crippen LogP contribution in [0.2, 0.25) is 0 Å². The zero-order valence-corrected chi connectivity index (χ0v) is 12.0. The number of carbonyl (C=O) groups is 1. The van der Waals surface area contributed by atoms with Crippen molar-refractivity contribution in [3.05, 3.63) is 12.7 Å². The average Bonchev–Trinajstić information content (AvgIpc) is 2.48. The molecule has 0 aromatic heterocycles. The molecule has 1 aliphatic rings. The molecule has 6 nitrogen and oxygen atoms in total. The van der Waals surface area contributed by atoms with Crippen LogP contribution in [0.5, 0.6) is 0 Å². The lowest BCUT2D eigenvalue weighted by Gasteiger charge is -2.30. The Hall–Kier alpha value is -1.42. The first-order valence-corrected chi connectivity index (χ1v) is 7.01. The number of nitrogens with two attached hydrogens (primary N) is 1. The van der Waals surface area contributed by atoms with E-state index in [0.29, 0.717) is 25.9 Å². The van der Waals surface area contributed by atoms with Gasteiger partial charge in [-0.15, -0.1) is 6.58 Å². The minimum atomic E-state index is -0.559.